The predicted molar refractivity (Wildman–Crippen MR) is 247 cm³/mol. The van der Waals surface area contributed by atoms with Crippen LogP contribution in [0.15, 0.2) is 211 Å². The molecule has 0 bridgehead atoms. The van der Waals surface area contributed by atoms with Gasteiger partial charge < -0.3 is 13.9 Å². The third kappa shape index (κ3) is 5.19. The van der Waals surface area contributed by atoms with E-state index >= 15 is 0 Å². The van der Waals surface area contributed by atoms with E-state index in [0.717, 1.165) is 50.3 Å². The van der Waals surface area contributed by atoms with Crippen LogP contribution >= 0.6 is 11.3 Å². The number of anilines is 3. The first kappa shape index (κ1) is 32.8. The molecule has 0 N–H and O–H groups in total. The number of nitrogens with zero attached hydrogens (tertiary/aromatic N) is 2. The molecule has 58 heavy (non-hydrogen) atoms. The van der Waals surface area contributed by atoms with Crippen molar-refractivity contribution in [3.63, 3.8) is 0 Å². The van der Waals surface area contributed by atoms with E-state index in [4.69, 9.17) is 4.42 Å². The summed E-state index contributed by atoms with van der Waals surface area (Å²) in [7, 11) is 0. The smallest absolute Gasteiger partial charge is 0.159 e. The molecule has 0 saturated heterocycles. The highest BCUT2D eigenvalue weighted by Crippen LogP contribution is 2.45. The lowest BCUT2D eigenvalue weighted by molar-refractivity contribution is 0.669. The van der Waals surface area contributed by atoms with Gasteiger partial charge in [0.05, 0.1) is 16.7 Å². The molecule has 3 nitrogen and oxygen atoms in total. The molecule has 3 heterocycles. The summed E-state index contributed by atoms with van der Waals surface area (Å²) in [4.78, 5) is 2.34. The van der Waals surface area contributed by atoms with Gasteiger partial charge in [-0.2, -0.15) is 0 Å². The molecule has 0 saturated carbocycles. The number of para-hydroxylation sites is 4. The second-order valence-electron chi connectivity index (χ2n) is 14.9. The third-order valence-electron chi connectivity index (χ3n) is 11.6. The molecular formula is C54H34N2OS. The topological polar surface area (TPSA) is 21.3 Å². The molecule has 12 aromatic rings. The molecule has 3 aromatic heterocycles. The van der Waals surface area contributed by atoms with Gasteiger partial charge >= 0.3 is 0 Å². The maximum atomic E-state index is 6.63. The summed E-state index contributed by atoms with van der Waals surface area (Å²) >= 11 is 1.84. The quantitative estimate of drug-likeness (QED) is 0.168. The molecule has 0 spiro atoms. The van der Waals surface area contributed by atoms with Crippen molar-refractivity contribution in [2.45, 2.75) is 0 Å². The fraction of sp³-hybridized carbons (Fsp3) is 0. The van der Waals surface area contributed by atoms with E-state index in [-0.39, 0.29) is 0 Å². The molecule has 0 radical (unpaired) electrons. The SMILES string of the molecule is c1ccc(-n2c3ccccc3c3ccc(-c4cccc(-c5ccc(N(c6ccc7c(c6)sc6ccccc67)c6cccc7c6oc6ccccc67)cc5)c4)cc32)cc1. The lowest BCUT2D eigenvalue weighted by atomic mass is 9.98. The van der Waals surface area contributed by atoms with Gasteiger partial charge in [0.2, 0.25) is 0 Å². The van der Waals surface area contributed by atoms with Gasteiger partial charge in [-0.15, -0.1) is 11.3 Å². The molecule has 4 heteroatoms. The minimum atomic E-state index is 0.875. The molecule has 272 valence electrons. The predicted octanol–water partition coefficient (Wildman–Crippen LogP) is 15.9. The maximum absolute atomic E-state index is 6.63. The highest BCUT2D eigenvalue weighted by molar-refractivity contribution is 7.25. The van der Waals surface area contributed by atoms with Crippen LogP contribution in [0.3, 0.4) is 0 Å². The Bertz CT molecular complexity index is 3520. The van der Waals surface area contributed by atoms with E-state index < -0.39 is 0 Å². The van der Waals surface area contributed by atoms with Crippen molar-refractivity contribution in [3.05, 3.63) is 206 Å². The second kappa shape index (κ2) is 13.1. The maximum Gasteiger partial charge on any atom is 0.159 e. The highest BCUT2D eigenvalue weighted by Gasteiger charge is 2.21. The number of benzene rings is 9. The molecule has 0 amide bonds. The van der Waals surface area contributed by atoms with Gasteiger partial charge in [0.15, 0.2) is 5.58 Å². The number of hydrogen-bond donors (Lipinski definition) is 0. The molecule has 0 aliphatic rings. The van der Waals surface area contributed by atoms with Crippen LogP contribution in [-0.4, -0.2) is 4.57 Å². The number of aromatic nitrogens is 1. The van der Waals surface area contributed by atoms with Crippen LogP contribution < -0.4 is 4.90 Å². The van der Waals surface area contributed by atoms with Gasteiger partial charge in [0.1, 0.15) is 5.58 Å². The van der Waals surface area contributed by atoms with E-state index in [0.29, 0.717) is 0 Å². The van der Waals surface area contributed by atoms with Crippen LogP contribution in [-0.2, 0) is 0 Å². The highest BCUT2D eigenvalue weighted by atomic mass is 32.1. The first-order valence-corrected chi connectivity index (χ1v) is 20.5. The Morgan fingerprint density at radius 3 is 1.88 bits per heavy atom. The van der Waals surface area contributed by atoms with E-state index in [2.05, 4.69) is 210 Å². The number of thiophene rings is 1. The largest absolute Gasteiger partial charge is 0.454 e. The standard InChI is InChI=1S/C54H34N2OS/c1-2-14-39(15-3-1)56-48-20-7-4-16-42(48)43-30-26-38(33-50(43)56)37-13-10-12-36(32-37)35-24-27-40(28-25-35)55(41-29-31-46-45-18-6-9-23-52(45)58-53(46)34-41)49-21-11-19-47-44-17-5-8-22-51(44)57-54(47)49/h1-34H. The van der Waals surface area contributed by atoms with Gasteiger partial charge in [0.25, 0.3) is 0 Å². The lowest BCUT2D eigenvalue weighted by Crippen LogP contribution is -2.10. The van der Waals surface area contributed by atoms with Crippen LogP contribution in [0.25, 0.3) is 91.9 Å². The minimum absolute atomic E-state index is 0.875. The molecule has 12 rings (SSSR count). The number of fused-ring (bicyclic) bond motifs is 9. The summed E-state index contributed by atoms with van der Waals surface area (Å²) in [5.74, 6) is 0. The van der Waals surface area contributed by atoms with Crippen molar-refractivity contribution >= 4 is 92.3 Å². The zero-order valence-electron chi connectivity index (χ0n) is 31.3. The summed E-state index contributed by atoms with van der Waals surface area (Å²) in [5, 5.41) is 7.32. The fourth-order valence-corrected chi connectivity index (χ4v) is 10.0. The first-order valence-electron chi connectivity index (χ1n) is 19.7. The van der Waals surface area contributed by atoms with E-state index in [1.165, 1.54) is 58.7 Å². The van der Waals surface area contributed by atoms with E-state index in [1.807, 2.05) is 17.4 Å². The molecule has 0 aliphatic heterocycles. The van der Waals surface area contributed by atoms with Crippen LogP contribution in [0.5, 0.6) is 0 Å². The molecule has 0 aliphatic carbocycles. The van der Waals surface area contributed by atoms with Crippen molar-refractivity contribution in [1.82, 2.24) is 4.57 Å². The van der Waals surface area contributed by atoms with Gasteiger partial charge in [-0.1, -0.05) is 133 Å². The number of hydrogen-bond acceptors (Lipinski definition) is 3. The summed E-state index contributed by atoms with van der Waals surface area (Å²) in [6, 6.07) is 74.4. The zero-order chi connectivity index (χ0) is 38.2. The zero-order valence-corrected chi connectivity index (χ0v) is 32.2. The van der Waals surface area contributed by atoms with E-state index in [1.54, 1.807) is 0 Å². The molecule has 9 aromatic carbocycles. The number of rotatable bonds is 6. The molecular weight excluding hydrogens is 725 g/mol. The van der Waals surface area contributed by atoms with E-state index in [9.17, 15) is 0 Å². The Hall–Kier alpha value is -7.40. The number of furan rings is 1. The van der Waals surface area contributed by atoms with Gasteiger partial charge in [-0.3, -0.25) is 0 Å². The summed E-state index contributed by atoms with van der Waals surface area (Å²) in [5.41, 5.74) is 13.2. The second-order valence-corrected chi connectivity index (χ2v) is 16.0. The van der Waals surface area contributed by atoms with Gasteiger partial charge in [-0.25, -0.2) is 0 Å². The van der Waals surface area contributed by atoms with Crippen molar-refractivity contribution in [1.29, 1.82) is 0 Å². The first-order chi connectivity index (χ1) is 28.7. The fourth-order valence-electron chi connectivity index (χ4n) is 8.88. The lowest BCUT2D eigenvalue weighted by Gasteiger charge is -2.26. The summed E-state index contributed by atoms with van der Waals surface area (Å²) in [6.07, 6.45) is 0. The molecule has 0 fully saturated rings. The summed E-state index contributed by atoms with van der Waals surface area (Å²) in [6.45, 7) is 0. The van der Waals surface area contributed by atoms with Crippen molar-refractivity contribution in [3.8, 4) is 27.9 Å². The van der Waals surface area contributed by atoms with Crippen LogP contribution in [0.4, 0.5) is 17.1 Å². The Morgan fingerprint density at radius 1 is 0.379 bits per heavy atom. The Labute approximate surface area is 338 Å². The molecule has 0 atom stereocenters. The Morgan fingerprint density at radius 2 is 1.00 bits per heavy atom. The van der Waals surface area contributed by atoms with Crippen LogP contribution in [0.2, 0.25) is 0 Å². The Kier molecular flexibility index (Phi) is 7.40. The minimum Gasteiger partial charge on any atom is -0.454 e. The van der Waals surface area contributed by atoms with Gasteiger partial charge in [-0.05, 0) is 95.1 Å². The Balaban J connectivity index is 0.963. The van der Waals surface area contributed by atoms with Crippen molar-refractivity contribution in [2.75, 3.05) is 4.90 Å². The average molecular weight is 759 g/mol. The monoisotopic (exact) mass is 758 g/mol. The molecule has 0 unspecified atom stereocenters. The average Bonchev–Trinajstić information content (AvgIpc) is 3.97. The third-order valence-corrected chi connectivity index (χ3v) is 12.7. The van der Waals surface area contributed by atoms with Gasteiger partial charge in [0, 0.05) is 58.8 Å². The van der Waals surface area contributed by atoms with Crippen LogP contribution in [0, 0.1) is 0 Å². The van der Waals surface area contributed by atoms with Crippen molar-refractivity contribution in [2.24, 2.45) is 0 Å². The normalized spacial score (nSPS) is 11.8. The summed E-state index contributed by atoms with van der Waals surface area (Å²) < 4.78 is 11.6. The van der Waals surface area contributed by atoms with Crippen molar-refractivity contribution < 1.29 is 4.42 Å². The van der Waals surface area contributed by atoms with Crippen LogP contribution in [0.1, 0.15) is 0 Å².